The number of hydrogen-bond donors (Lipinski definition) is 1. The van der Waals surface area contributed by atoms with E-state index in [0.29, 0.717) is 13.1 Å². The van der Waals surface area contributed by atoms with Gasteiger partial charge in [-0.1, -0.05) is 0 Å². The molecule has 0 spiro atoms. The van der Waals surface area contributed by atoms with Gasteiger partial charge in [-0.15, -0.1) is 0 Å². The lowest BCUT2D eigenvalue weighted by Crippen LogP contribution is -2.38. The molecule has 0 aromatic heterocycles. The van der Waals surface area contributed by atoms with E-state index in [1.54, 1.807) is 4.90 Å². The van der Waals surface area contributed by atoms with E-state index in [2.05, 4.69) is 10.1 Å². The molecule has 1 aromatic carbocycles. The molecule has 21 heavy (non-hydrogen) atoms. The topological polar surface area (TPSA) is 41.6 Å². The number of esters is 1. The van der Waals surface area contributed by atoms with Crippen LogP contribution in [0.4, 0.5) is 14.5 Å². The van der Waals surface area contributed by atoms with Crippen molar-refractivity contribution in [3.63, 3.8) is 0 Å². The molecule has 1 heterocycles. The van der Waals surface area contributed by atoms with Gasteiger partial charge in [0.2, 0.25) is 0 Å². The summed E-state index contributed by atoms with van der Waals surface area (Å²) in [7, 11) is 1.14. The predicted molar refractivity (Wildman–Crippen MR) is 76.6 cm³/mol. The third kappa shape index (κ3) is 3.32. The summed E-state index contributed by atoms with van der Waals surface area (Å²) in [6, 6.07) is 2.99. The van der Waals surface area contributed by atoms with Crippen molar-refractivity contribution in [2.75, 3.05) is 31.6 Å². The van der Waals surface area contributed by atoms with E-state index in [9.17, 15) is 13.6 Å². The summed E-state index contributed by atoms with van der Waals surface area (Å²) >= 11 is 0. The monoisotopic (exact) mass is 298 g/mol. The van der Waals surface area contributed by atoms with Gasteiger partial charge in [0.25, 0.3) is 0 Å². The van der Waals surface area contributed by atoms with Gasteiger partial charge < -0.3 is 15.0 Å². The standard InChI is InChI=1S/C15H20F2N2O2/c1-3-19(9-10-5-4-8-18-10)12-7-6-11(15(20)21-2)13(16)14(12)17/h6-7,10,18H,3-5,8-9H2,1-2H3. The Morgan fingerprint density at radius 1 is 1.43 bits per heavy atom. The van der Waals surface area contributed by atoms with Crippen LogP contribution in [0.5, 0.6) is 0 Å². The van der Waals surface area contributed by atoms with E-state index in [4.69, 9.17) is 0 Å². The fourth-order valence-electron chi connectivity index (χ4n) is 2.63. The number of carbonyl (C=O) groups excluding carboxylic acids is 1. The Balaban J connectivity index is 2.25. The molecule has 1 saturated heterocycles. The Bertz CT molecular complexity index is 517. The van der Waals surface area contributed by atoms with Crippen LogP contribution in [-0.4, -0.2) is 38.8 Å². The lowest BCUT2D eigenvalue weighted by atomic mass is 10.1. The highest BCUT2D eigenvalue weighted by atomic mass is 19.2. The van der Waals surface area contributed by atoms with E-state index in [-0.39, 0.29) is 17.3 Å². The van der Waals surface area contributed by atoms with Crippen molar-refractivity contribution in [3.8, 4) is 0 Å². The third-order valence-corrected chi connectivity index (χ3v) is 3.79. The number of halogens is 2. The molecule has 2 rings (SSSR count). The first-order chi connectivity index (χ1) is 10.1. The van der Waals surface area contributed by atoms with Crippen LogP contribution in [-0.2, 0) is 4.74 Å². The number of hydrogen-bond acceptors (Lipinski definition) is 4. The molecular weight excluding hydrogens is 278 g/mol. The number of likely N-dealkylation sites (N-methyl/N-ethyl adjacent to an activating group) is 1. The van der Waals surface area contributed by atoms with Crippen molar-refractivity contribution in [3.05, 3.63) is 29.3 Å². The van der Waals surface area contributed by atoms with Crippen LogP contribution >= 0.6 is 0 Å². The third-order valence-electron chi connectivity index (χ3n) is 3.79. The number of benzene rings is 1. The fraction of sp³-hybridized carbons (Fsp3) is 0.533. The maximum Gasteiger partial charge on any atom is 0.340 e. The second-order valence-corrected chi connectivity index (χ2v) is 5.08. The van der Waals surface area contributed by atoms with Gasteiger partial charge in [0.1, 0.15) is 0 Å². The second kappa shape index (κ2) is 6.85. The summed E-state index contributed by atoms with van der Waals surface area (Å²) in [6.45, 7) is 4.03. The number of nitrogens with zero attached hydrogens (tertiary/aromatic N) is 1. The normalized spacial score (nSPS) is 17.8. The molecule has 4 nitrogen and oxygen atoms in total. The van der Waals surface area contributed by atoms with E-state index in [0.717, 1.165) is 26.5 Å². The fourth-order valence-corrected chi connectivity index (χ4v) is 2.63. The molecule has 1 aromatic rings. The van der Waals surface area contributed by atoms with E-state index >= 15 is 0 Å². The van der Waals surface area contributed by atoms with Crippen molar-refractivity contribution in [2.24, 2.45) is 0 Å². The van der Waals surface area contributed by atoms with Gasteiger partial charge in [-0.25, -0.2) is 13.6 Å². The Hall–Kier alpha value is -1.69. The molecule has 116 valence electrons. The molecule has 0 bridgehead atoms. The average molecular weight is 298 g/mol. The van der Waals surface area contributed by atoms with Gasteiger partial charge in [0.15, 0.2) is 11.6 Å². The van der Waals surface area contributed by atoms with Crippen LogP contribution in [0.1, 0.15) is 30.1 Å². The van der Waals surface area contributed by atoms with Crippen LogP contribution in [0.3, 0.4) is 0 Å². The maximum absolute atomic E-state index is 14.2. The van der Waals surface area contributed by atoms with Crippen molar-refractivity contribution in [1.82, 2.24) is 5.32 Å². The van der Waals surface area contributed by atoms with Gasteiger partial charge in [-0.2, -0.15) is 0 Å². The van der Waals surface area contributed by atoms with Crippen LogP contribution in [0.15, 0.2) is 12.1 Å². The largest absolute Gasteiger partial charge is 0.465 e. The summed E-state index contributed by atoms with van der Waals surface area (Å²) in [5.74, 6) is -3.03. The Morgan fingerprint density at radius 3 is 2.76 bits per heavy atom. The number of rotatable bonds is 5. The Kier molecular flexibility index (Phi) is 5.12. The van der Waals surface area contributed by atoms with E-state index in [1.165, 1.54) is 12.1 Å². The van der Waals surface area contributed by atoms with Crippen molar-refractivity contribution in [2.45, 2.75) is 25.8 Å². The van der Waals surface area contributed by atoms with Crippen LogP contribution < -0.4 is 10.2 Å². The summed E-state index contributed by atoms with van der Waals surface area (Å²) in [5, 5.41) is 3.33. The minimum atomic E-state index is -1.16. The van der Waals surface area contributed by atoms with E-state index in [1.807, 2.05) is 6.92 Å². The minimum Gasteiger partial charge on any atom is -0.465 e. The van der Waals surface area contributed by atoms with Crippen LogP contribution in [0, 0.1) is 11.6 Å². The van der Waals surface area contributed by atoms with Gasteiger partial charge in [-0.3, -0.25) is 0 Å². The summed E-state index contributed by atoms with van der Waals surface area (Å²) in [4.78, 5) is 13.1. The minimum absolute atomic E-state index is 0.177. The highest BCUT2D eigenvalue weighted by molar-refractivity contribution is 5.90. The Labute approximate surface area is 123 Å². The summed E-state index contributed by atoms with van der Waals surface area (Å²) in [5.41, 5.74) is -0.204. The highest BCUT2D eigenvalue weighted by Crippen LogP contribution is 2.25. The lowest BCUT2D eigenvalue weighted by Gasteiger charge is -2.27. The zero-order valence-corrected chi connectivity index (χ0v) is 12.3. The molecule has 1 unspecified atom stereocenters. The zero-order valence-electron chi connectivity index (χ0n) is 12.3. The molecular formula is C15H20F2N2O2. The first-order valence-electron chi connectivity index (χ1n) is 7.13. The molecule has 0 amide bonds. The summed E-state index contributed by atoms with van der Waals surface area (Å²) < 4.78 is 32.7. The smallest absolute Gasteiger partial charge is 0.340 e. The first-order valence-corrected chi connectivity index (χ1v) is 7.13. The van der Waals surface area contributed by atoms with E-state index < -0.39 is 17.6 Å². The average Bonchev–Trinajstić information content (AvgIpc) is 3.00. The maximum atomic E-state index is 14.2. The lowest BCUT2D eigenvalue weighted by molar-refractivity contribution is 0.0594. The van der Waals surface area contributed by atoms with Crippen LogP contribution in [0.25, 0.3) is 0 Å². The molecule has 0 aliphatic carbocycles. The quantitative estimate of drug-likeness (QED) is 0.847. The van der Waals surface area contributed by atoms with Gasteiger partial charge >= 0.3 is 5.97 Å². The predicted octanol–water partition coefficient (Wildman–Crippen LogP) is 2.33. The molecule has 6 heteroatoms. The summed E-state index contributed by atoms with van der Waals surface area (Å²) in [6.07, 6.45) is 2.13. The second-order valence-electron chi connectivity index (χ2n) is 5.08. The highest BCUT2D eigenvalue weighted by Gasteiger charge is 2.24. The molecule has 1 N–H and O–H groups in total. The molecule has 1 fully saturated rings. The van der Waals surface area contributed by atoms with Gasteiger partial charge in [-0.05, 0) is 38.4 Å². The number of ether oxygens (including phenoxy) is 1. The van der Waals surface area contributed by atoms with Gasteiger partial charge in [0.05, 0.1) is 18.4 Å². The SMILES string of the molecule is CCN(CC1CCCN1)c1ccc(C(=O)OC)c(F)c1F. The zero-order chi connectivity index (χ0) is 15.4. The molecule has 1 aliphatic rings. The molecule has 0 saturated carbocycles. The van der Waals surface area contributed by atoms with Gasteiger partial charge in [0, 0.05) is 19.1 Å². The molecule has 1 aliphatic heterocycles. The molecule has 0 radical (unpaired) electrons. The van der Waals surface area contributed by atoms with Crippen molar-refractivity contribution >= 4 is 11.7 Å². The van der Waals surface area contributed by atoms with Crippen molar-refractivity contribution < 1.29 is 18.3 Å². The van der Waals surface area contributed by atoms with Crippen molar-refractivity contribution in [1.29, 1.82) is 0 Å². The number of anilines is 1. The van der Waals surface area contributed by atoms with Crippen LogP contribution in [0.2, 0.25) is 0 Å². The number of nitrogens with one attached hydrogen (secondary N) is 1. The Morgan fingerprint density at radius 2 is 2.19 bits per heavy atom. The number of methoxy groups -OCH3 is 1. The number of carbonyl (C=O) groups is 1. The first kappa shape index (κ1) is 15.7. The molecule has 1 atom stereocenters.